The molecule has 2 aromatic rings. The fraction of sp³-hybridized carbons (Fsp3) is 0. The molecule has 104 valence electrons. The molecule has 0 heterocycles. The van der Waals surface area contributed by atoms with E-state index in [1.54, 1.807) is 18.2 Å². The molecular formula is C13H10Cl2FN3O. The molecule has 1 amide bonds. The Morgan fingerprint density at radius 3 is 2.55 bits per heavy atom. The van der Waals surface area contributed by atoms with Crippen LogP contribution in [0.4, 0.5) is 21.5 Å². The Kier molecular flexibility index (Phi) is 4.01. The largest absolute Gasteiger partial charge is 0.398 e. The maximum Gasteiger partial charge on any atom is 0.250 e. The summed E-state index contributed by atoms with van der Waals surface area (Å²) in [5.41, 5.74) is 11.1. The highest BCUT2D eigenvalue weighted by Gasteiger charge is 2.13. The molecule has 2 rings (SSSR count). The fourth-order valence-electron chi connectivity index (χ4n) is 1.64. The molecule has 0 aliphatic rings. The van der Waals surface area contributed by atoms with E-state index in [9.17, 15) is 9.18 Å². The van der Waals surface area contributed by atoms with Crippen LogP contribution in [0, 0.1) is 5.82 Å². The van der Waals surface area contributed by atoms with Crippen LogP contribution in [0.25, 0.3) is 0 Å². The Hall–Kier alpha value is -1.98. The summed E-state index contributed by atoms with van der Waals surface area (Å²) >= 11 is 11.9. The summed E-state index contributed by atoms with van der Waals surface area (Å²) in [6.45, 7) is 0. The molecule has 0 bridgehead atoms. The molecular weight excluding hydrogens is 304 g/mol. The summed E-state index contributed by atoms with van der Waals surface area (Å²) in [5.74, 6) is -1.38. The Labute approximate surface area is 124 Å². The third-order valence-electron chi connectivity index (χ3n) is 2.63. The number of amides is 1. The lowest BCUT2D eigenvalue weighted by Crippen LogP contribution is -2.14. The zero-order valence-electron chi connectivity index (χ0n) is 10.1. The molecule has 20 heavy (non-hydrogen) atoms. The zero-order valence-corrected chi connectivity index (χ0v) is 11.6. The summed E-state index contributed by atoms with van der Waals surface area (Å²) in [5, 5.41) is 3.31. The second kappa shape index (κ2) is 5.56. The van der Waals surface area contributed by atoms with Crippen LogP contribution in [0.3, 0.4) is 0 Å². The minimum absolute atomic E-state index is 0.0204. The molecule has 0 fully saturated rings. The Bertz CT molecular complexity index is 692. The Morgan fingerprint density at radius 2 is 1.90 bits per heavy atom. The highest BCUT2D eigenvalue weighted by Crippen LogP contribution is 2.33. The minimum atomic E-state index is -0.747. The van der Waals surface area contributed by atoms with Crippen molar-refractivity contribution in [2.45, 2.75) is 0 Å². The van der Waals surface area contributed by atoms with Crippen LogP contribution in [0.1, 0.15) is 10.4 Å². The van der Waals surface area contributed by atoms with Gasteiger partial charge in [-0.25, -0.2) is 4.39 Å². The molecule has 0 atom stereocenters. The lowest BCUT2D eigenvalue weighted by Gasteiger charge is -2.12. The number of hydrogen-bond acceptors (Lipinski definition) is 3. The van der Waals surface area contributed by atoms with Gasteiger partial charge in [0.1, 0.15) is 5.82 Å². The van der Waals surface area contributed by atoms with E-state index >= 15 is 0 Å². The van der Waals surface area contributed by atoms with Gasteiger partial charge < -0.3 is 16.8 Å². The van der Waals surface area contributed by atoms with E-state index in [1.165, 1.54) is 6.07 Å². The number of benzene rings is 2. The summed E-state index contributed by atoms with van der Waals surface area (Å²) in [6.07, 6.45) is 0. The number of rotatable bonds is 3. The van der Waals surface area contributed by atoms with Crippen molar-refractivity contribution in [2.75, 3.05) is 11.1 Å². The van der Waals surface area contributed by atoms with E-state index in [0.29, 0.717) is 10.7 Å². The van der Waals surface area contributed by atoms with Crippen LogP contribution in [-0.4, -0.2) is 5.91 Å². The standard InChI is InChI=1S/C13H10Cl2FN3O/c14-7-2-1-3-10(12(7)15)19-11-4-6(13(18)20)9(17)5-8(11)16/h1-5,19H,17H2,(H2,18,20). The second-order valence-electron chi connectivity index (χ2n) is 4.01. The molecule has 0 aromatic heterocycles. The average molecular weight is 314 g/mol. The molecule has 4 nitrogen and oxygen atoms in total. The van der Waals surface area contributed by atoms with Crippen LogP contribution in [0.2, 0.25) is 10.0 Å². The van der Waals surface area contributed by atoms with E-state index in [1.807, 2.05) is 0 Å². The van der Waals surface area contributed by atoms with Crippen LogP contribution >= 0.6 is 23.2 Å². The quantitative estimate of drug-likeness (QED) is 0.758. The first-order chi connectivity index (χ1) is 9.40. The van der Waals surface area contributed by atoms with Crippen LogP contribution in [0.5, 0.6) is 0 Å². The number of primary amides is 1. The molecule has 0 aliphatic heterocycles. The number of nitrogen functional groups attached to an aromatic ring is 1. The molecule has 5 N–H and O–H groups in total. The SMILES string of the molecule is NC(=O)c1cc(Nc2cccc(Cl)c2Cl)c(F)cc1N. The van der Waals surface area contributed by atoms with E-state index in [4.69, 9.17) is 34.7 Å². The predicted molar refractivity (Wildman–Crippen MR) is 79.1 cm³/mol. The number of anilines is 3. The third-order valence-corrected chi connectivity index (χ3v) is 3.44. The summed E-state index contributed by atoms with van der Waals surface area (Å²) in [7, 11) is 0. The molecule has 0 saturated heterocycles. The van der Waals surface area contributed by atoms with Gasteiger partial charge in [-0.15, -0.1) is 0 Å². The van der Waals surface area contributed by atoms with Gasteiger partial charge in [0, 0.05) is 5.69 Å². The van der Waals surface area contributed by atoms with E-state index in [-0.39, 0.29) is 22.0 Å². The number of carbonyl (C=O) groups excluding carboxylic acids is 1. The molecule has 2 aromatic carbocycles. The van der Waals surface area contributed by atoms with Gasteiger partial charge >= 0.3 is 0 Å². The highest BCUT2D eigenvalue weighted by molar-refractivity contribution is 6.43. The Balaban J connectivity index is 2.46. The number of hydrogen-bond donors (Lipinski definition) is 3. The van der Waals surface area contributed by atoms with Crippen molar-refractivity contribution in [3.8, 4) is 0 Å². The smallest absolute Gasteiger partial charge is 0.250 e. The molecule has 0 radical (unpaired) electrons. The van der Waals surface area contributed by atoms with Crippen molar-refractivity contribution in [3.63, 3.8) is 0 Å². The van der Waals surface area contributed by atoms with Gasteiger partial charge in [0.05, 0.1) is 27.0 Å². The minimum Gasteiger partial charge on any atom is -0.398 e. The van der Waals surface area contributed by atoms with E-state index in [2.05, 4.69) is 5.32 Å². The van der Waals surface area contributed by atoms with Gasteiger partial charge in [0.25, 0.3) is 5.91 Å². The number of halogens is 3. The number of nitrogens with two attached hydrogens (primary N) is 2. The average Bonchev–Trinajstić information content (AvgIpc) is 2.37. The van der Waals surface area contributed by atoms with Crippen molar-refractivity contribution in [1.29, 1.82) is 0 Å². The molecule has 7 heteroatoms. The molecule has 0 aliphatic carbocycles. The number of nitrogens with one attached hydrogen (secondary N) is 1. The molecule has 0 unspecified atom stereocenters. The van der Waals surface area contributed by atoms with Crippen molar-refractivity contribution in [2.24, 2.45) is 5.73 Å². The van der Waals surface area contributed by atoms with E-state index in [0.717, 1.165) is 6.07 Å². The van der Waals surface area contributed by atoms with Gasteiger partial charge in [0.15, 0.2) is 0 Å². The van der Waals surface area contributed by atoms with E-state index < -0.39 is 11.7 Å². The van der Waals surface area contributed by atoms with Gasteiger partial charge in [-0.2, -0.15) is 0 Å². The lowest BCUT2D eigenvalue weighted by atomic mass is 10.1. The zero-order chi connectivity index (χ0) is 14.9. The first-order valence-electron chi connectivity index (χ1n) is 5.50. The highest BCUT2D eigenvalue weighted by atomic mass is 35.5. The second-order valence-corrected chi connectivity index (χ2v) is 4.80. The van der Waals surface area contributed by atoms with Gasteiger partial charge in [-0.05, 0) is 24.3 Å². The van der Waals surface area contributed by atoms with Crippen LogP contribution in [0.15, 0.2) is 30.3 Å². The molecule has 0 saturated carbocycles. The van der Waals surface area contributed by atoms with Crippen molar-refractivity contribution >= 4 is 46.2 Å². The van der Waals surface area contributed by atoms with Crippen molar-refractivity contribution < 1.29 is 9.18 Å². The normalized spacial score (nSPS) is 10.3. The first-order valence-corrected chi connectivity index (χ1v) is 6.25. The first kappa shape index (κ1) is 14.4. The maximum atomic E-state index is 13.8. The monoisotopic (exact) mass is 313 g/mol. The lowest BCUT2D eigenvalue weighted by molar-refractivity contribution is 0.100. The molecule has 0 spiro atoms. The van der Waals surface area contributed by atoms with Crippen LogP contribution in [-0.2, 0) is 0 Å². The van der Waals surface area contributed by atoms with Gasteiger partial charge in [-0.3, -0.25) is 4.79 Å². The summed E-state index contributed by atoms with van der Waals surface area (Å²) in [4.78, 5) is 11.2. The fourth-order valence-corrected chi connectivity index (χ4v) is 1.99. The van der Waals surface area contributed by atoms with Crippen molar-refractivity contribution in [1.82, 2.24) is 0 Å². The van der Waals surface area contributed by atoms with Crippen LogP contribution < -0.4 is 16.8 Å². The third kappa shape index (κ3) is 2.79. The van der Waals surface area contributed by atoms with Gasteiger partial charge in [-0.1, -0.05) is 29.3 Å². The number of carbonyl (C=O) groups is 1. The topological polar surface area (TPSA) is 81.1 Å². The predicted octanol–water partition coefficient (Wildman–Crippen LogP) is 3.56. The van der Waals surface area contributed by atoms with Gasteiger partial charge in [0.2, 0.25) is 0 Å². The summed E-state index contributed by atoms with van der Waals surface area (Å²) in [6, 6.07) is 7.11. The maximum absolute atomic E-state index is 13.8. The Morgan fingerprint density at radius 1 is 1.20 bits per heavy atom. The van der Waals surface area contributed by atoms with Crippen molar-refractivity contribution in [3.05, 3.63) is 51.8 Å². The summed E-state index contributed by atoms with van der Waals surface area (Å²) < 4.78 is 13.8.